The third-order valence-corrected chi connectivity index (χ3v) is 3.18. The minimum Gasteiger partial charge on any atom is -0.497 e. The summed E-state index contributed by atoms with van der Waals surface area (Å²) in [6.45, 7) is 0. The molecule has 0 aliphatic carbocycles. The lowest BCUT2D eigenvalue weighted by molar-refractivity contribution is 0.401. The molecule has 0 saturated heterocycles. The number of nitrogen functional groups attached to an aromatic ring is 1. The summed E-state index contributed by atoms with van der Waals surface area (Å²) in [6.07, 6.45) is 2.92. The van der Waals surface area contributed by atoms with E-state index in [0.717, 1.165) is 4.68 Å². The fourth-order valence-corrected chi connectivity index (χ4v) is 2.09. The van der Waals surface area contributed by atoms with Gasteiger partial charge in [-0.3, -0.25) is 5.41 Å². The Morgan fingerprint density at radius 3 is 2.76 bits per heavy atom. The van der Waals surface area contributed by atoms with E-state index in [9.17, 15) is 0 Å². The number of methoxy groups -OCH3 is 2. The number of aromatic nitrogens is 4. The zero-order chi connectivity index (χ0) is 15.0. The molecule has 0 unspecified atom stereocenters. The van der Waals surface area contributed by atoms with Gasteiger partial charge in [0.2, 0.25) is 0 Å². The Bertz CT molecular complexity index is 867. The van der Waals surface area contributed by atoms with Gasteiger partial charge >= 0.3 is 0 Å². The van der Waals surface area contributed by atoms with Crippen molar-refractivity contribution >= 4 is 11.0 Å². The van der Waals surface area contributed by atoms with Crippen LogP contribution >= 0.6 is 0 Å². The summed E-state index contributed by atoms with van der Waals surface area (Å²) in [4.78, 5) is 4.23. The fraction of sp³-hybridized carbons (Fsp3) is 0.154. The predicted octanol–water partition coefficient (Wildman–Crippen LogP) is 0.432. The van der Waals surface area contributed by atoms with E-state index < -0.39 is 0 Å². The van der Waals surface area contributed by atoms with Crippen LogP contribution in [-0.2, 0) is 0 Å². The fourth-order valence-electron chi connectivity index (χ4n) is 2.09. The SMILES string of the molecule is COc1ccc(OC)c(-n2ncc3c(=N)n(N)cnc32)c1. The molecule has 0 bridgehead atoms. The second kappa shape index (κ2) is 4.82. The number of nitrogens with zero attached hydrogens (tertiary/aromatic N) is 4. The average Bonchev–Trinajstić information content (AvgIpc) is 2.94. The smallest absolute Gasteiger partial charge is 0.168 e. The van der Waals surface area contributed by atoms with Crippen molar-refractivity contribution in [1.29, 1.82) is 5.41 Å². The Balaban J connectivity index is 2.30. The number of fused-ring (bicyclic) bond motifs is 1. The molecule has 0 fully saturated rings. The average molecular weight is 286 g/mol. The molecule has 8 heteroatoms. The Kier molecular flexibility index (Phi) is 2.98. The lowest BCUT2D eigenvalue weighted by Gasteiger charge is -2.11. The number of rotatable bonds is 3. The van der Waals surface area contributed by atoms with Gasteiger partial charge in [-0.25, -0.2) is 14.3 Å². The first-order chi connectivity index (χ1) is 10.2. The molecule has 3 rings (SSSR count). The minimum absolute atomic E-state index is 0.133. The van der Waals surface area contributed by atoms with Crippen molar-refractivity contribution in [3.8, 4) is 17.2 Å². The van der Waals surface area contributed by atoms with Gasteiger partial charge in [-0.1, -0.05) is 0 Å². The van der Waals surface area contributed by atoms with Crippen LogP contribution < -0.4 is 20.8 Å². The predicted molar refractivity (Wildman–Crippen MR) is 76.0 cm³/mol. The molecule has 3 aromatic rings. The lowest BCUT2D eigenvalue weighted by atomic mass is 10.2. The Labute approximate surface area is 119 Å². The first-order valence-electron chi connectivity index (χ1n) is 6.13. The minimum atomic E-state index is 0.133. The van der Waals surface area contributed by atoms with Crippen molar-refractivity contribution in [3.05, 3.63) is 36.2 Å². The molecule has 1 aromatic carbocycles. The van der Waals surface area contributed by atoms with E-state index in [0.29, 0.717) is 28.2 Å². The van der Waals surface area contributed by atoms with Gasteiger partial charge in [-0.2, -0.15) is 5.10 Å². The summed E-state index contributed by atoms with van der Waals surface area (Å²) in [5.74, 6) is 6.92. The molecule has 0 amide bonds. The van der Waals surface area contributed by atoms with Crippen molar-refractivity contribution < 1.29 is 9.47 Å². The van der Waals surface area contributed by atoms with Gasteiger partial charge in [0.05, 0.1) is 25.8 Å². The van der Waals surface area contributed by atoms with Crippen LogP contribution in [0, 0.1) is 5.41 Å². The molecule has 2 heterocycles. The van der Waals surface area contributed by atoms with Crippen molar-refractivity contribution in [1.82, 2.24) is 19.4 Å². The highest BCUT2D eigenvalue weighted by atomic mass is 16.5. The van der Waals surface area contributed by atoms with Crippen LogP contribution in [0.1, 0.15) is 0 Å². The van der Waals surface area contributed by atoms with E-state index in [1.165, 1.54) is 6.33 Å². The number of hydrogen-bond donors (Lipinski definition) is 2. The summed E-state index contributed by atoms with van der Waals surface area (Å²) in [5.41, 5.74) is 1.33. The van der Waals surface area contributed by atoms with Crippen LogP contribution in [0.25, 0.3) is 16.7 Å². The molecule has 3 N–H and O–H groups in total. The number of hydrogen-bond acceptors (Lipinski definition) is 6. The topological polar surface area (TPSA) is 104 Å². The second-order valence-electron chi connectivity index (χ2n) is 4.33. The Morgan fingerprint density at radius 1 is 1.24 bits per heavy atom. The molecular weight excluding hydrogens is 272 g/mol. The molecule has 0 aliphatic rings. The van der Waals surface area contributed by atoms with E-state index in [1.54, 1.807) is 43.3 Å². The third kappa shape index (κ3) is 1.97. The molecule has 0 spiro atoms. The van der Waals surface area contributed by atoms with E-state index in [2.05, 4.69) is 10.1 Å². The number of benzene rings is 1. The third-order valence-electron chi connectivity index (χ3n) is 3.18. The van der Waals surface area contributed by atoms with Crippen LogP contribution in [0.3, 0.4) is 0 Å². The van der Waals surface area contributed by atoms with Crippen LogP contribution in [-0.4, -0.2) is 33.7 Å². The first-order valence-corrected chi connectivity index (χ1v) is 6.13. The molecule has 0 atom stereocenters. The van der Waals surface area contributed by atoms with Gasteiger partial charge in [0.1, 0.15) is 23.5 Å². The van der Waals surface area contributed by atoms with Crippen LogP contribution in [0.5, 0.6) is 11.5 Å². The number of nitrogens with two attached hydrogens (primary N) is 1. The molecule has 21 heavy (non-hydrogen) atoms. The maximum atomic E-state index is 7.93. The van der Waals surface area contributed by atoms with Crippen molar-refractivity contribution in [2.24, 2.45) is 0 Å². The van der Waals surface area contributed by atoms with E-state index >= 15 is 0 Å². The summed E-state index contributed by atoms with van der Waals surface area (Å²) in [6, 6.07) is 5.38. The van der Waals surface area contributed by atoms with Gasteiger partial charge < -0.3 is 15.3 Å². The summed E-state index contributed by atoms with van der Waals surface area (Å²) >= 11 is 0. The standard InChI is InChI=1S/C13H14N6O2/c1-20-8-3-4-11(21-2)10(5-8)19-13-9(6-17-19)12(14)18(15)7-16-13/h3-7,14H,15H2,1-2H3. The molecule has 0 saturated carbocycles. The Morgan fingerprint density at radius 2 is 2.05 bits per heavy atom. The quantitative estimate of drug-likeness (QED) is 0.680. The van der Waals surface area contributed by atoms with Gasteiger partial charge in [-0.15, -0.1) is 0 Å². The second-order valence-corrected chi connectivity index (χ2v) is 4.33. The van der Waals surface area contributed by atoms with Crippen molar-refractivity contribution in [2.45, 2.75) is 0 Å². The maximum absolute atomic E-state index is 7.93. The zero-order valence-corrected chi connectivity index (χ0v) is 11.6. The Hall–Kier alpha value is -3.03. The molecule has 108 valence electrons. The highest BCUT2D eigenvalue weighted by Gasteiger charge is 2.13. The number of ether oxygens (including phenoxy) is 2. The summed E-state index contributed by atoms with van der Waals surface area (Å²) in [5, 5.41) is 12.8. The summed E-state index contributed by atoms with van der Waals surface area (Å²) in [7, 11) is 3.17. The van der Waals surface area contributed by atoms with Crippen molar-refractivity contribution in [3.63, 3.8) is 0 Å². The summed E-state index contributed by atoms with van der Waals surface area (Å²) < 4.78 is 13.3. The van der Waals surface area contributed by atoms with Crippen LogP contribution in [0.15, 0.2) is 30.7 Å². The van der Waals surface area contributed by atoms with Crippen molar-refractivity contribution in [2.75, 3.05) is 20.1 Å². The van der Waals surface area contributed by atoms with E-state index in [4.69, 9.17) is 20.7 Å². The molecular formula is C13H14N6O2. The molecule has 8 nitrogen and oxygen atoms in total. The maximum Gasteiger partial charge on any atom is 0.168 e. The van der Waals surface area contributed by atoms with E-state index in [-0.39, 0.29) is 5.49 Å². The van der Waals surface area contributed by atoms with Gasteiger partial charge in [0, 0.05) is 6.07 Å². The van der Waals surface area contributed by atoms with Gasteiger partial charge in [0.25, 0.3) is 0 Å². The molecule has 2 aromatic heterocycles. The highest BCUT2D eigenvalue weighted by Crippen LogP contribution is 2.28. The first kappa shape index (κ1) is 13.0. The van der Waals surface area contributed by atoms with E-state index in [1.807, 2.05) is 0 Å². The monoisotopic (exact) mass is 286 g/mol. The number of nitrogens with one attached hydrogen (secondary N) is 1. The van der Waals surface area contributed by atoms with Gasteiger partial charge in [-0.05, 0) is 12.1 Å². The lowest BCUT2D eigenvalue weighted by Crippen LogP contribution is -2.27. The van der Waals surface area contributed by atoms with Gasteiger partial charge in [0.15, 0.2) is 11.1 Å². The molecule has 0 aliphatic heterocycles. The normalized spacial score (nSPS) is 10.8. The largest absolute Gasteiger partial charge is 0.497 e. The zero-order valence-electron chi connectivity index (χ0n) is 11.6. The molecule has 0 radical (unpaired) electrons. The highest BCUT2D eigenvalue weighted by molar-refractivity contribution is 5.75. The van der Waals surface area contributed by atoms with Crippen LogP contribution in [0.4, 0.5) is 0 Å². The van der Waals surface area contributed by atoms with Crippen LogP contribution in [0.2, 0.25) is 0 Å².